The van der Waals surface area contributed by atoms with Crippen LogP contribution in [0.15, 0.2) is 0 Å². The van der Waals surface area contributed by atoms with E-state index in [9.17, 15) is 0 Å². The standard InChI is InChI=1S/C6H6N12/c7-1-10-13-4-16(1)5-14-11-2(8)18(5)6-15-12-3(9)17(4)6/h(H2,7,10)(H2,8,11)(H2,9,12). The summed E-state index contributed by atoms with van der Waals surface area (Å²) in [4.78, 5) is 0. The number of aromatic nitrogens is 9. The van der Waals surface area contributed by atoms with Crippen LogP contribution in [-0.2, 0) is 0 Å². The van der Waals surface area contributed by atoms with Gasteiger partial charge in [0, 0.05) is 0 Å². The molecule has 0 spiro atoms. The third-order valence-corrected chi connectivity index (χ3v) is 2.61. The summed E-state index contributed by atoms with van der Waals surface area (Å²) in [6.07, 6.45) is 0. The average molecular weight is 246 g/mol. The number of hydrogen-bond donors (Lipinski definition) is 3. The highest BCUT2D eigenvalue weighted by Crippen LogP contribution is 2.17. The summed E-state index contributed by atoms with van der Waals surface area (Å²) in [5, 5.41) is 23.0. The molecule has 0 aliphatic carbocycles. The van der Waals surface area contributed by atoms with Crippen LogP contribution in [0.5, 0.6) is 0 Å². The molecule has 0 saturated heterocycles. The van der Waals surface area contributed by atoms with Crippen LogP contribution in [0, 0.1) is 0 Å². The quantitative estimate of drug-likeness (QED) is 0.305. The van der Waals surface area contributed by atoms with Crippen molar-refractivity contribution in [2.24, 2.45) is 0 Å². The molecule has 0 aliphatic rings. The van der Waals surface area contributed by atoms with Crippen LogP contribution < -0.4 is 17.2 Å². The number of fused-ring (bicyclic) bond motifs is 6. The number of hydrogen-bond acceptors (Lipinski definition) is 9. The molecule has 0 fully saturated rings. The normalized spacial score (nSPS) is 12.0. The molecule has 6 N–H and O–H groups in total. The molecule has 0 amide bonds. The molecule has 4 rings (SSSR count). The zero-order valence-electron chi connectivity index (χ0n) is 8.76. The van der Waals surface area contributed by atoms with Gasteiger partial charge in [0.15, 0.2) is 0 Å². The number of nitrogens with two attached hydrogens (primary N) is 3. The molecule has 12 heteroatoms. The summed E-state index contributed by atoms with van der Waals surface area (Å²) in [7, 11) is 0. The zero-order chi connectivity index (χ0) is 12.4. The van der Waals surface area contributed by atoms with Gasteiger partial charge in [0.25, 0.3) is 0 Å². The molecule has 0 aromatic carbocycles. The summed E-state index contributed by atoms with van der Waals surface area (Å²) in [5.74, 6) is 1.42. The van der Waals surface area contributed by atoms with Gasteiger partial charge in [0.05, 0.1) is 0 Å². The minimum absolute atomic E-state index is 0.136. The van der Waals surface area contributed by atoms with E-state index in [1.165, 1.54) is 13.2 Å². The SMILES string of the molecule is Nc1nnc2n1c1nnc(N)n1c1nnc(N)n21. The van der Waals surface area contributed by atoms with Gasteiger partial charge in [-0.25, -0.2) is 13.2 Å². The van der Waals surface area contributed by atoms with E-state index >= 15 is 0 Å². The van der Waals surface area contributed by atoms with Gasteiger partial charge >= 0.3 is 0 Å². The van der Waals surface area contributed by atoms with E-state index in [4.69, 9.17) is 17.2 Å². The van der Waals surface area contributed by atoms with Gasteiger partial charge in [-0.15, -0.1) is 30.6 Å². The lowest BCUT2D eigenvalue weighted by Crippen LogP contribution is -2.08. The van der Waals surface area contributed by atoms with Gasteiger partial charge < -0.3 is 17.2 Å². The maximum absolute atomic E-state index is 5.73. The largest absolute Gasteiger partial charge is 0.367 e. The van der Waals surface area contributed by atoms with Crippen molar-refractivity contribution in [1.29, 1.82) is 0 Å². The molecule has 90 valence electrons. The maximum atomic E-state index is 5.73. The second-order valence-electron chi connectivity index (χ2n) is 3.58. The molecule has 4 heterocycles. The lowest BCUT2D eigenvalue weighted by Gasteiger charge is -2.02. The van der Waals surface area contributed by atoms with E-state index in [0.717, 1.165) is 0 Å². The smallest absolute Gasteiger partial charge is 0.249 e. The fourth-order valence-electron chi connectivity index (χ4n) is 1.87. The Hall–Kier alpha value is -3.18. The summed E-state index contributed by atoms with van der Waals surface area (Å²) in [6, 6.07) is 0. The van der Waals surface area contributed by atoms with Crippen LogP contribution in [-0.4, -0.2) is 43.8 Å². The summed E-state index contributed by atoms with van der Waals surface area (Å²) in [6.45, 7) is 0. The number of nitrogens with zero attached hydrogens (tertiary/aromatic N) is 9. The van der Waals surface area contributed by atoms with Crippen LogP contribution in [0.1, 0.15) is 0 Å². The number of nitrogen functional groups attached to an aromatic ring is 3. The lowest BCUT2D eigenvalue weighted by molar-refractivity contribution is 0.985. The second-order valence-corrected chi connectivity index (χ2v) is 3.58. The maximum Gasteiger partial charge on any atom is 0.249 e. The Bertz CT molecular complexity index is 757. The van der Waals surface area contributed by atoms with Crippen molar-refractivity contribution in [2.45, 2.75) is 0 Å². The first kappa shape index (κ1) is 8.91. The molecule has 12 nitrogen and oxygen atoms in total. The molecule has 0 aliphatic heterocycles. The fraction of sp³-hybridized carbons (Fsp3) is 0. The molecule has 0 unspecified atom stereocenters. The van der Waals surface area contributed by atoms with Crippen molar-refractivity contribution >= 4 is 35.2 Å². The van der Waals surface area contributed by atoms with E-state index < -0.39 is 0 Å². The Kier molecular flexibility index (Phi) is 1.26. The zero-order valence-corrected chi connectivity index (χ0v) is 8.76. The van der Waals surface area contributed by atoms with Crippen LogP contribution in [0.3, 0.4) is 0 Å². The van der Waals surface area contributed by atoms with E-state index in [1.807, 2.05) is 0 Å². The molecular formula is C6H6N12. The molecule has 0 saturated carbocycles. The predicted molar refractivity (Wildman–Crippen MR) is 59.3 cm³/mol. The van der Waals surface area contributed by atoms with Gasteiger partial charge in [0.2, 0.25) is 35.2 Å². The first-order valence-corrected chi connectivity index (χ1v) is 4.82. The number of rotatable bonds is 0. The molecular weight excluding hydrogens is 240 g/mol. The van der Waals surface area contributed by atoms with Crippen LogP contribution >= 0.6 is 0 Å². The minimum Gasteiger partial charge on any atom is -0.367 e. The summed E-state index contributed by atoms with van der Waals surface area (Å²) in [5.41, 5.74) is 17.2. The highest BCUT2D eigenvalue weighted by atomic mass is 15.5. The van der Waals surface area contributed by atoms with Crippen molar-refractivity contribution in [2.75, 3.05) is 17.2 Å². The van der Waals surface area contributed by atoms with Crippen molar-refractivity contribution < 1.29 is 0 Å². The minimum atomic E-state index is 0.136. The van der Waals surface area contributed by atoms with Crippen molar-refractivity contribution in [1.82, 2.24) is 43.8 Å². The third kappa shape index (κ3) is 0.783. The van der Waals surface area contributed by atoms with E-state index in [1.54, 1.807) is 0 Å². The van der Waals surface area contributed by atoms with Gasteiger partial charge in [-0.2, -0.15) is 0 Å². The van der Waals surface area contributed by atoms with Crippen LogP contribution in [0.25, 0.3) is 17.3 Å². The average Bonchev–Trinajstić information content (AvgIpc) is 2.99. The summed E-state index contributed by atoms with van der Waals surface area (Å²) >= 11 is 0. The first-order chi connectivity index (χ1) is 8.68. The van der Waals surface area contributed by atoms with Crippen LogP contribution in [0.2, 0.25) is 0 Å². The lowest BCUT2D eigenvalue weighted by atomic mass is 10.7. The molecule has 18 heavy (non-hydrogen) atoms. The Morgan fingerprint density at radius 1 is 0.500 bits per heavy atom. The molecule has 0 bridgehead atoms. The Balaban J connectivity index is 2.51. The van der Waals surface area contributed by atoms with E-state index in [-0.39, 0.29) is 17.8 Å². The predicted octanol–water partition coefficient (Wildman–Crippen LogP) is -2.44. The van der Waals surface area contributed by atoms with E-state index in [2.05, 4.69) is 30.6 Å². The topological polar surface area (TPSA) is 169 Å². The van der Waals surface area contributed by atoms with Gasteiger partial charge in [-0.1, -0.05) is 0 Å². The second kappa shape index (κ2) is 2.55. The highest BCUT2D eigenvalue weighted by molar-refractivity contribution is 5.61. The first-order valence-electron chi connectivity index (χ1n) is 4.82. The molecule has 0 radical (unpaired) electrons. The molecule has 0 atom stereocenters. The van der Waals surface area contributed by atoms with Gasteiger partial charge in [-0.3, -0.25) is 0 Å². The Morgan fingerprint density at radius 3 is 1.06 bits per heavy atom. The number of anilines is 3. The van der Waals surface area contributed by atoms with Crippen molar-refractivity contribution in [3.63, 3.8) is 0 Å². The third-order valence-electron chi connectivity index (χ3n) is 2.61. The van der Waals surface area contributed by atoms with Crippen molar-refractivity contribution in [3.8, 4) is 0 Å². The van der Waals surface area contributed by atoms with Crippen molar-refractivity contribution in [3.05, 3.63) is 0 Å². The van der Waals surface area contributed by atoms with E-state index in [0.29, 0.717) is 17.3 Å². The summed E-state index contributed by atoms with van der Waals surface area (Å²) < 4.78 is 4.36. The highest BCUT2D eigenvalue weighted by Gasteiger charge is 2.19. The van der Waals surface area contributed by atoms with Gasteiger partial charge in [0.1, 0.15) is 0 Å². The molecule has 4 aromatic rings. The molecule has 4 aromatic heterocycles. The monoisotopic (exact) mass is 246 g/mol. The van der Waals surface area contributed by atoms with Crippen LogP contribution in [0.4, 0.5) is 17.8 Å². The fourth-order valence-corrected chi connectivity index (χ4v) is 1.87. The Morgan fingerprint density at radius 2 is 0.778 bits per heavy atom. The Labute approximate surface area is 97.0 Å². The van der Waals surface area contributed by atoms with Gasteiger partial charge in [-0.05, 0) is 0 Å².